The number of para-hydroxylation sites is 2. The van der Waals surface area contributed by atoms with Gasteiger partial charge in [-0.3, -0.25) is 19.0 Å². The number of anilines is 1. The number of fused-ring (bicyclic) bond motifs is 1. The number of benzene rings is 2. The van der Waals surface area contributed by atoms with Gasteiger partial charge in [0.25, 0.3) is 5.56 Å². The molecule has 1 heterocycles. The molecule has 0 aliphatic heterocycles. The molecule has 0 aliphatic carbocycles. The molecule has 0 aliphatic rings. The van der Waals surface area contributed by atoms with E-state index < -0.39 is 5.91 Å². The Hall–Kier alpha value is -3.48. The zero-order chi connectivity index (χ0) is 20.3. The van der Waals surface area contributed by atoms with Gasteiger partial charge in [-0.05, 0) is 43.5 Å². The molecule has 1 aromatic heterocycles. The smallest absolute Gasteiger partial charge is 0.261 e. The van der Waals surface area contributed by atoms with Crippen molar-refractivity contribution >= 4 is 28.4 Å². The van der Waals surface area contributed by atoms with Crippen molar-refractivity contribution < 1.29 is 9.59 Å². The number of carbonyl (C=O) groups excluding carboxylic acids is 2. The third-order valence-electron chi connectivity index (χ3n) is 4.56. The molecule has 3 rings (SSSR count). The summed E-state index contributed by atoms with van der Waals surface area (Å²) in [7, 11) is 0. The molecule has 0 radical (unpaired) electrons. The molecule has 0 saturated heterocycles. The summed E-state index contributed by atoms with van der Waals surface area (Å²) in [4.78, 5) is 41.1. The van der Waals surface area contributed by atoms with E-state index in [4.69, 9.17) is 0 Å². The largest absolute Gasteiger partial charge is 0.345 e. The van der Waals surface area contributed by atoms with Gasteiger partial charge in [0.1, 0.15) is 6.54 Å². The Balaban J connectivity index is 1.63. The normalized spacial score (nSPS) is 10.7. The average molecular weight is 378 g/mol. The Kier molecular flexibility index (Phi) is 5.54. The van der Waals surface area contributed by atoms with Crippen LogP contribution in [0.4, 0.5) is 5.69 Å². The van der Waals surface area contributed by atoms with Crippen LogP contribution in [0.5, 0.6) is 0 Å². The molecular weight excluding hydrogens is 356 g/mol. The lowest BCUT2D eigenvalue weighted by Gasteiger charge is -2.12. The molecule has 0 bridgehead atoms. The monoisotopic (exact) mass is 378 g/mol. The van der Waals surface area contributed by atoms with Crippen molar-refractivity contribution in [3.63, 3.8) is 0 Å². The maximum absolute atomic E-state index is 12.5. The summed E-state index contributed by atoms with van der Waals surface area (Å²) in [6.07, 6.45) is 1.36. The van der Waals surface area contributed by atoms with Crippen LogP contribution in [0, 0.1) is 20.8 Å². The maximum atomic E-state index is 12.5. The highest BCUT2D eigenvalue weighted by Crippen LogP contribution is 2.19. The first kappa shape index (κ1) is 19.3. The van der Waals surface area contributed by atoms with Crippen molar-refractivity contribution in [2.75, 3.05) is 11.9 Å². The molecule has 2 N–H and O–H groups in total. The fourth-order valence-electron chi connectivity index (χ4n) is 3.03. The van der Waals surface area contributed by atoms with Crippen molar-refractivity contribution in [2.24, 2.45) is 0 Å². The van der Waals surface area contributed by atoms with Gasteiger partial charge in [0, 0.05) is 5.69 Å². The zero-order valence-corrected chi connectivity index (χ0v) is 16.1. The van der Waals surface area contributed by atoms with Gasteiger partial charge >= 0.3 is 0 Å². The number of amides is 2. The van der Waals surface area contributed by atoms with Crippen LogP contribution in [0.15, 0.2) is 47.5 Å². The number of hydrogen-bond acceptors (Lipinski definition) is 4. The van der Waals surface area contributed by atoms with Crippen molar-refractivity contribution in [1.82, 2.24) is 14.9 Å². The van der Waals surface area contributed by atoms with Crippen LogP contribution in [0.2, 0.25) is 0 Å². The number of aromatic nitrogens is 2. The minimum absolute atomic E-state index is 0.179. The lowest BCUT2D eigenvalue weighted by Crippen LogP contribution is -2.37. The second-order valence-corrected chi connectivity index (χ2v) is 6.74. The quantitative estimate of drug-likeness (QED) is 0.711. The van der Waals surface area contributed by atoms with Crippen LogP contribution >= 0.6 is 0 Å². The van der Waals surface area contributed by atoms with Crippen LogP contribution in [0.25, 0.3) is 10.9 Å². The Morgan fingerprint density at radius 3 is 2.32 bits per heavy atom. The number of rotatable bonds is 5. The summed E-state index contributed by atoms with van der Waals surface area (Å²) < 4.78 is 1.24. The third-order valence-corrected chi connectivity index (χ3v) is 4.56. The third kappa shape index (κ3) is 4.09. The molecule has 28 heavy (non-hydrogen) atoms. The van der Waals surface area contributed by atoms with E-state index in [1.165, 1.54) is 10.9 Å². The molecular formula is C21H22N4O3. The molecule has 2 aromatic carbocycles. The summed E-state index contributed by atoms with van der Waals surface area (Å²) in [5.41, 5.74) is 3.87. The topological polar surface area (TPSA) is 93.1 Å². The van der Waals surface area contributed by atoms with Gasteiger partial charge in [-0.1, -0.05) is 30.3 Å². The highest BCUT2D eigenvalue weighted by atomic mass is 16.2. The van der Waals surface area contributed by atoms with E-state index in [2.05, 4.69) is 15.6 Å². The Labute approximate surface area is 162 Å². The summed E-state index contributed by atoms with van der Waals surface area (Å²) in [6.45, 7) is 5.30. The lowest BCUT2D eigenvalue weighted by molar-refractivity contribution is -0.124. The van der Waals surface area contributed by atoms with E-state index in [-0.39, 0.29) is 24.6 Å². The second-order valence-electron chi connectivity index (χ2n) is 6.74. The van der Waals surface area contributed by atoms with Gasteiger partial charge in [0.2, 0.25) is 11.8 Å². The zero-order valence-electron chi connectivity index (χ0n) is 16.1. The van der Waals surface area contributed by atoms with Crippen molar-refractivity contribution in [3.8, 4) is 0 Å². The van der Waals surface area contributed by atoms with Crippen molar-refractivity contribution in [3.05, 3.63) is 69.8 Å². The average Bonchev–Trinajstić information content (AvgIpc) is 2.66. The molecule has 0 atom stereocenters. The minimum Gasteiger partial charge on any atom is -0.345 e. The lowest BCUT2D eigenvalue weighted by atomic mass is 10.1. The SMILES string of the molecule is Cc1cccc(C)c1NC(=O)CNC(=O)Cn1cnc2c(C)cccc2c1=O. The summed E-state index contributed by atoms with van der Waals surface area (Å²) in [6, 6.07) is 11.1. The van der Waals surface area contributed by atoms with Crippen LogP contribution in [-0.4, -0.2) is 27.9 Å². The van der Waals surface area contributed by atoms with Crippen LogP contribution in [-0.2, 0) is 16.1 Å². The van der Waals surface area contributed by atoms with E-state index in [0.29, 0.717) is 10.9 Å². The molecule has 0 saturated carbocycles. The molecule has 0 unspecified atom stereocenters. The number of hydrogen-bond donors (Lipinski definition) is 2. The van der Waals surface area contributed by atoms with Gasteiger partial charge in [-0.15, -0.1) is 0 Å². The second kappa shape index (κ2) is 8.04. The highest BCUT2D eigenvalue weighted by Gasteiger charge is 2.11. The summed E-state index contributed by atoms with van der Waals surface area (Å²) in [5, 5.41) is 5.80. The highest BCUT2D eigenvalue weighted by molar-refractivity contribution is 5.95. The fraction of sp³-hybridized carbons (Fsp3) is 0.238. The Bertz CT molecular complexity index is 1100. The first-order chi connectivity index (χ1) is 13.4. The maximum Gasteiger partial charge on any atom is 0.261 e. The van der Waals surface area contributed by atoms with E-state index in [1.54, 1.807) is 12.1 Å². The Morgan fingerprint density at radius 1 is 0.964 bits per heavy atom. The molecule has 144 valence electrons. The van der Waals surface area contributed by atoms with E-state index >= 15 is 0 Å². The van der Waals surface area contributed by atoms with E-state index in [0.717, 1.165) is 22.4 Å². The molecule has 7 heteroatoms. The van der Waals surface area contributed by atoms with Gasteiger partial charge < -0.3 is 10.6 Å². The van der Waals surface area contributed by atoms with Crippen LogP contribution in [0.3, 0.4) is 0 Å². The molecule has 0 fully saturated rings. The van der Waals surface area contributed by atoms with Crippen molar-refractivity contribution in [2.45, 2.75) is 27.3 Å². The van der Waals surface area contributed by atoms with E-state index in [1.807, 2.05) is 45.0 Å². The summed E-state index contributed by atoms with van der Waals surface area (Å²) in [5.74, 6) is -0.766. The molecule has 7 nitrogen and oxygen atoms in total. The van der Waals surface area contributed by atoms with Gasteiger partial charge in [-0.2, -0.15) is 0 Å². The molecule has 3 aromatic rings. The van der Waals surface area contributed by atoms with E-state index in [9.17, 15) is 14.4 Å². The molecule has 0 spiro atoms. The summed E-state index contributed by atoms with van der Waals surface area (Å²) >= 11 is 0. The van der Waals surface area contributed by atoms with Gasteiger partial charge in [0.15, 0.2) is 0 Å². The molecule has 2 amide bonds. The van der Waals surface area contributed by atoms with Crippen LogP contribution in [0.1, 0.15) is 16.7 Å². The predicted molar refractivity (Wildman–Crippen MR) is 108 cm³/mol. The fourth-order valence-corrected chi connectivity index (χ4v) is 3.03. The number of aryl methyl sites for hydroxylation is 3. The van der Waals surface area contributed by atoms with Gasteiger partial charge in [0.05, 0.1) is 23.8 Å². The first-order valence-corrected chi connectivity index (χ1v) is 8.94. The number of nitrogens with zero attached hydrogens (tertiary/aromatic N) is 2. The van der Waals surface area contributed by atoms with Crippen LogP contribution < -0.4 is 16.2 Å². The Morgan fingerprint density at radius 2 is 1.61 bits per heavy atom. The predicted octanol–water partition coefficient (Wildman–Crippen LogP) is 2.08. The van der Waals surface area contributed by atoms with Crippen molar-refractivity contribution in [1.29, 1.82) is 0 Å². The standard InChI is InChI=1S/C21H22N4O3/c1-13-6-4-7-14(2)19(13)24-17(26)10-22-18(27)11-25-12-23-20-15(3)8-5-9-16(20)21(25)28/h4-9,12H,10-11H2,1-3H3,(H,22,27)(H,24,26). The number of carbonyl (C=O) groups is 2. The van der Waals surface area contributed by atoms with Gasteiger partial charge in [-0.25, -0.2) is 4.98 Å². The minimum atomic E-state index is -0.437. The number of nitrogens with one attached hydrogen (secondary N) is 2. The first-order valence-electron chi connectivity index (χ1n) is 8.94.